The number of fused-ring (bicyclic) bond motifs is 1. The summed E-state index contributed by atoms with van der Waals surface area (Å²) in [5.74, 6) is 1.43. The minimum Gasteiger partial charge on any atom is -0.479 e. The van der Waals surface area contributed by atoms with Gasteiger partial charge in [0.1, 0.15) is 12.2 Å². The third kappa shape index (κ3) is 5.29. The number of aliphatic hydroxyl groups excluding tert-OH is 2. The molecule has 206 valence electrons. The lowest BCUT2D eigenvalue weighted by molar-refractivity contribution is -0.156. The molecule has 2 fully saturated rings. The number of aliphatic hydroxyl groups is 3. The van der Waals surface area contributed by atoms with Gasteiger partial charge in [-0.2, -0.15) is 9.97 Å². The second-order valence-electron chi connectivity index (χ2n) is 9.57. The van der Waals surface area contributed by atoms with Crippen molar-refractivity contribution in [2.45, 2.75) is 55.4 Å². The molecule has 1 aromatic carbocycles. The molecular formula is C26H28ClN5O7. The van der Waals surface area contributed by atoms with Crippen molar-refractivity contribution < 1.29 is 34.7 Å². The SMILES string of the molecule is C#C[C@@]1(O)[C@@H](COC(Cc2ccccc2)C(=O)O)O[C@@H](n2cnc3c(N(CCO)C4CC4)nc(Cl)nc32)[C@@H]1O. The van der Waals surface area contributed by atoms with Gasteiger partial charge < -0.3 is 34.8 Å². The number of rotatable bonds is 11. The molecule has 2 aliphatic rings. The van der Waals surface area contributed by atoms with Crippen molar-refractivity contribution >= 4 is 34.6 Å². The van der Waals surface area contributed by atoms with Crippen LogP contribution in [0.15, 0.2) is 36.7 Å². The standard InChI is InChI=1S/C26H28ClN5O7/c1-2-26(37)18(13-38-17(24(35)36)12-15-6-4-3-5-7-15)39-23(20(26)34)32-14-28-19-21(29-25(27)30-22(19)32)31(10-11-33)16-8-9-16/h1,3-7,14,16-18,20,23,33-34,37H,8-13H2,(H,35,36)/t17?,18-,20+,23-,26-/m1/s1. The summed E-state index contributed by atoms with van der Waals surface area (Å²) >= 11 is 6.24. The second-order valence-corrected chi connectivity index (χ2v) is 9.91. The van der Waals surface area contributed by atoms with Gasteiger partial charge in [0, 0.05) is 19.0 Å². The summed E-state index contributed by atoms with van der Waals surface area (Å²) < 4.78 is 13.0. The normalized spacial score (nSPS) is 25.5. The van der Waals surface area contributed by atoms with E-state index in [4.69, 9.17) is 27.5 Å². The summed E-state index contributed by atoms with van der Waals surface area (Å²) in [5.41, 5.74) is -0.853. The fourth-order valence-corrected chi connectivity index (χ4v) is 4.94. The predicted octanol–water partition coefficient (Wildman–Crippen LogP) is 0.776. The molecule has 39 heavy (non-hydrogen) atoms. The van der Waals surface area contributed by atoms with Crippen molar-refractivity contribution in [1.82, 2.24) is 19.5 Å². The van der Waals surface area contributed by atoms with E-state index in [1.54, 1.807) is 24.3 Å². The highest BCUT2D eigenvalue weighted by molar-refractivity contribution is 6.28. The highest BCUT2D eigenvalue weighted by Crippen LogP contribution is 2.40. The zero-order valence-corrected chi connectivity index (χ0v) is 21.6. The molecule has 0 amide bonds. The number of halogens is 1. The van der Waals surface area contributed by atoms with E-state index in [0.29, 0.717) is 17.9 Å². The van der Waals surface area contributed by atoms with Gasteiger partial charge in [0.25, 0.3) is 0 Å². The molecule has 0 radical (unpaired) electrons. The Bertz CT molecular complexity index is 1380. The van der Waals surface area contributed by atoms with E-state index in [-0.39, 0.29) is 30.0 Å². The number of carboxylic acid groups (broad SMARTS) is 1. The fraction of sp³-hybridized carbons (Fsp3) is 0.462. The van der Waals surface area contributed by atoms with Crippen LogP contribution in [-0.4, -0.2) is 95.6 Å². The maximum absolute atomic E-state index is 11.8. The van der Waals surface area contributed by atoms with E-state index in [1.807, 2.05) is 11.0 Å². The van der Waals surface area contributed by atoms with Gasteiger partial charge >= 0.3 is 5.97 Å². The van der Waals surface area contributed by atoms with Crippen LogP contribution in [0.4, 0.5) is 5.82 Å². The van der Waals surface area contributed by atoms with E-state index in [9.17, 15) is 25.2 Å². The van der Waals surface area contributed by atoms with E-state index >= 15 is 0 Å². The number of nitrogens with zero attached hydrogens (tertiary/aromatic N) is 5. The quantitative estimate of drug-likeness (QED) is 0.194. The van der Waals surface area contributed by atoms with Gasteiger partial charge in [-0.25, -0.2) is 9.78 Å². The zero-order chi connectivity index (χ0) is 27.7. The lowest BCUT2D eigenvalue weighted by Gasteiger charge is -2.26. The number of aliphatic carboxylic acids is 1. The molecule has 0 bridgehead atoms. The van der Waals surface area contributed by atoms with Crippen molar-refractivity contribution in [2.24, 2.45) is 0 Å². The molecule has 2 aromatic heterocycles. The van der Waals surface area contributed by atoms with Crippen LogP contribution in [0.5, 0.6) is 0 Å². The molecule has 1 aliphatic carbocycles. The van der Waals surface area contributed by atoms with Crippen LogP contribution in [0.2, 0.25) is 5.28 Å². The van der Waals surface area contributed by atoms with Gasteiger partial charge in [-0.1, -0.05) is 36.3 Å². The minimum absolute atomic E-state index is 0.0763. The number of hydrogen-bond donors (Lipinski definition) is 4. The Morgan fingerprint density at radius 3 is 2.72 bits per heavy atom. The van der Waals surface area contributed by atoms with Gasteiger partial charge in [0.15, 0.2) is 34.9 Å². The fourth-order valence-electron chi connectivity index (χ4n) is 4.78. The van der Waals surface area contributed by atoms with Crippen LogP contribution in [0, 0.1) is 12.3 Å². The molecule has 1 saturated carbocycles. The van der Waals surface area contributed by atoms with Crippen LogP contribution >= 0.6 is 11.6 Å². The Balaban J connectivity index is 1.41. The molecular weight excluding hydrogens is 530 g/mol. The maximum Gasteiger partial charge on any atom is 0.333 e. The van der Waals surface area contributed by atoms with Crippen molar-refractivity contribution in [3.05, 3.63) is 47.5 Å². The van der Waals surface area contributed by atoms with Gasteiger partial charge in [-0.15, -0.1) is 6.42 Å². The third-order valence-electron chi connectivity index (χ3n) is 6.99. The van der Waals surface area contributed by atoms with Gasteiger partial charge in [-0.05, 0) is 30.0 Å². The average Bonchev–Trinajstić information content (AvgIpc) is 3.64. The molecule has 13 heteroatoms. The molecule has 5 atom stereocenters. The lowest BCUT2D eigenvalue weighted by atomic mass is 9.93. The van der Waals surface area contributed by atoms with Crippen molar-refractivity contribution in [1.29, 1.82) is 0 Å². The zero-order valence-electron chi connectivity index (χ0n) is 20.8. The first-order valence-electron chi connectivity index (χ1n) is 12.5. The molecule has 3 aromatic rings. The number of anilines is 1. The Kier molecular flexibility index (Phi) is 7.73. The van der Waals surface area contributed by atoms with Crippen molar-refractivity contribution in [3.63, 3.8) is 0 Å². The first kappa shape index (κ1) is 27.3. The largest absolute Gasteiger partial charge is 0.479 e. The van der Waals surface area contributed by atoms with Crippen molar-refractivity contribution in [2.75, 3.05) is 24.7 Å². The molecule has 1 saturated heterocycles. The number of carbonyl (C=O) groups is 1. The second kappa shape index (κ2) is 11.1. The molecule has 1 unspecified atom stereocenters. The summed E-state index contributed by atoms with van der Waals surface area (Å²) in [5, 5.41) is 41.4. The first-order chi connectivity index (χ1) is 18.8. The van der Waals surface area contributed by atoms with Gasteiger partial charge in [0.05, 0.1) is 19.5 Å². The van der Waals surface area contributed by atoms with Crippen LogP contribution in [0.1, 0.15) is 24.6 Å². The van der Waals surface area contributed by atoms with Gasteiger partial charge in [0.2, 0.25) is 5.28 Å². The average molecular weight is 558 g/mol. The summed E-state index contributed by atoms with van der Waals surface area (Å²) in [7, 11) is 0. The number of benzene rings is 1. The monoisotopic (exact) mass is 557 g/mol. The Morgan fingerprint density at radius 2 is 2.08 bits per heavy atom. The van der Waals surface area contributed by atoms with E-state index < -0.39 is 42.7 Å². The number of aromatic nitrogens is 4. The number of hydrogen-bond acceptors (Lipinski definition) is 10. The maximum atomic E-state index is 11.8. The van der Waals surface area contributed by atoms with Crippen molar-refractivity contribution in [3.8, 4) is 12.3 Å². The molecule has 1 aliphatic heterocycles. The Labute approximate surface area is 228 Å². The molecule has 5 rings (SSSR count). The van der Waals surface area contributed by atoms with E-state index in [2.05, 4.69) is 20.9 Å². The number of carboxylic acids is 1. The summed E-state index contributed by atoms with van der Waals surface area (Å²) in [6.07, 6.45) is 3.55. The lowest BCUT2D eigenvalue weighted by Crippen LogP contribution is -2.48. The van der Waals surface area contributed by atoms with E-state index in [0.717, 1.165) is 18.4 Å². The van der Waals surface area contributed by atoms with E-state index in [1.165, 1.54) is 10.9 Å². The number of imidazole rings is 1. The third-order valence-corrected chi connectivity index (χ3v) is 7.15. The molecule has 4 N–H and O–H groups in total. The highest BCUT2D eigenvalue weighted by atomic mass is 35.5. The van der Waals surface area contributed by atoms with Gasteiger partial charge in [-0.3, -0.25) is 4.57 Å². The number of terminal acetylenes is 1. The van der Waals surface area contributed by atoms with Crippen LogP contribution < -0.4 is 4.90 Å². The summed E-state index contributed by atoms with van der Waals surface area (Å²) in [6.45, 7) is -0.173. The molecule has 0 spiro atoms. The van der Waals surface area contributed by atoms with Crippen LogP contribution in [-0.2, 0) is 20.7 Å². The topological polar surface area (TPSA) is 163 Å². The smallest absolute Gasteiger partial charge is 0.333 e. The molecule has 3 heterocycles. The number of ether oxygens (including phenoxy) is 2. The summed E-state index contributed by atoms with van der Waals surface area (Å²) in [4.78, 5) is 26.8. The predicted molar refractivity (Wildman–Crippen MR) is 139 cm³/mol. The molecule has 12 nitrogen and oxygen atoms in total. The highest BCUT2D eigenvalue weighted by Gasteiger charge is 2.56. The minimum atomic E-state index is -2.20. The van der Waals surface area contributed by atoms with Crippen LogP contribution in [0.25, 0.3) is 11.2 Å². The summed E-state index contributed by atoms with van der Waals surface area (Å²) in [6, 6.07) is 9.14. The first-order valence-corrected chi connectivity index (χ1v) is 12.8. The Hall–Kier alpha value is -3.31. The Morgan fingerprint density at radius 1 is 1.33 bits per heavy atom. The van der Waals surface area contributed by atoms with Crippen LogP contribution in [0.3, 0.4) is 0 Å².